The fraction of sp³-hybridized carbons (Fsp3) is 0.529. The maximum atomic E-state index is 12.6. The zero-order valence-corrected chi connectivity index (χ0v) is 15.7. The van der Waals surface area contributed by atoms with Crippen molar-refractivity contribution in [1.29, 1.82) is 0 Å². The van der Waals surface area contributed by atoms with Gasteiger partial charge in [-0.15, -0.1) is 11.3 Å². The van der Waals surface area contributed by atoms with E-state index in [4.69, 9.17) is 5.73 Å². The van der Waals surface area contributed by atoms with Gasteiger partial charge in [0.15, 0.2) is 0 Å². The Kier molecular flexibility index (Phi) is 4.75. The molecule has 2 aromatic heterocycles. The lowest BCUT2D eigenvalue weighted by atomic mass is 10.1. The number of thiazole rings is 1. The molecule has 25 heavy (non-hydrogen) atoms. The van der Waals surface area contributed by atoms with Crippen molar-refractivity contribution < 1.29 is 4.79 Å². The van der Waals surface area contributed by atoms with E-state index in [-0.39, 0.29) is 17.5 Å². The highest BCUT2D eigenvalue weighted by Gasteiger charge is 2.32. The fourth-order valence-corrected chi connectivity index (χ4v) is 3.98. The van der Waals surface area contributed by atoms with Gasteiger partial charge < -0.3 is 11.1 Å². The minimum atomic E-state index is -0.207. The Morgan fingerprint density at radius 1 is 1.36 bits per heavy atom. The minimum Gasteiger partial charge on any atom is -0.347 e. The molecule has 134 valence electrons. The van der Waals surface area contributed by atoms with Crippen LogP contribution in [0.15, 0.2) is 4.79 Å². The van der Waals surface area contributed by atoms with Crippen molar-refractivity contribution in [2.24, 2.45) is 18.7 Å². The summed E-state index contributed by atoms with van der Waals surface area (Å²) in [5.41, 5.74) is 8.27. The molecule has 3 N–H and O–H groups in total. The van der Waals surface area contributed by atoms with Crippen LogP contribution in [-0.4, -0.2) is 33.3 Å². The Morgan fingerprint density at radius 2 is 2.04 bits per heavy atom. The van der Waals surface area contributed by atoms with Gasteiger partial charge >= 0.3 is 0 Å². The van der Waals surface area contributed by atoms with Gasteiger partial charge in [0, 0.05) is 19.6 Å². The van der Waals surface area contributed by atoms with Crippen molar-refractivity contribution in [3.8, 4) is 10.6 Å². The minimum absolute atomic E-state index is 0.00947. The number of amides is 1. The molecule has 7 nitrogen and oxygen atoms in total. The summed E-state index contributed by atoms with van der Waals surface area (Å²) in [5.74, 6) is 0.322. The first-order valence-corrected chi connectivity index (χ1v) is 9.18. The van der Waals surface area contributed by atoms with Gasteiger partial charge in [0.25, 0.3) is 11.5 Å². The summed E-state index contributed by atoms with van der Waals surface area (Å²) < 4.78 is 1.31. The van der Waals surface area contributed by atoms with E-state index < -0.39 is 0 Å². The highest BCUT2D eigenvalue weighted by atomic mass is 32.1. The topological polar surface area (TPSA) is 103 Å². The van der Waals surface area contributed by atoms with Crippen molar-refractivity contribution in [2.45, 2.75) is 39.7 Å². The van der Waals surface area contributed by atoms with Crippen LogP contribution in [0.5, 0.6) is 0 Å². The average molecular weight is 361 g/mol. The van der Waals surface area contributed by atoms with Crippen molar-refractivity contribution >= 4 is 17.2 Å². The summed E-state index contributed by atoms with van der Waals surface area (Å²) in [6, 6.07) is 0.00947. The Labute approximate surface area is 150 Å². The molecule has 2 heterocycles. The van der Waals surface area contributed by atoms with E-state index in [2.05, 4.69) is 15.4 Å². The average Bonchev–Trinajstić information content (AvgIpc) is 3.33. The van der Waals surface area contributed by atoms with E-state index >= 15 is 0 Å². The first-order valence-electron chi connectivity index (χ1n) is 8.36. The highest BCUT2D eigenvalue weighted by Crippen LogP contribution is 2.33. The number of rotatable bonds is 5. The molecule has 1 unspecified atom stereocenters. The Bertz CT molecular complexity index is 882. The lowest BCUT2D eigenvalue weighted by Gasteiger charge is -2.15. The van der Waals surface area contributed by atoms with E-state index in [0.29, 0.717) is 33.6 Å². The summed E-state index contributed by atoms with van der Waals surface area (Å²) in [7, 11) is 1.62. The summed E-state index contributed by atoms with van der Waals surface area (Å²) in [4.78, 5) is 30.1. The van der Waals surface area contributed by atoms with E-state index in [1.54, 1.807) is 14.0 Å². The summed E-state index contributed by atoms with van der Waals surface area (Å²) in [6.07, 6.45) is 2.22. The van der Waals surface area contributed by atoms with Gasteiger partial charge in [0.2, 0.25) is 0 Å². The predicted molar refractivity (Wildman–Crippen MR) is 97.8 cm³/mol. The molecule has 1 saturated carbocycles. The smallest absolute Gasteiger partial charge is 0.277 e. The van der Waals surface area contributed by atoms with Crippen LogP contribution < -0.4 is 16.6 Å². The number of nitrogens with two attached hydrogens (primary N) is 1. The number of hydrogen-bond acceptors (Lipinski definition) is 6. The lowest BCUT2D eigenvalue weighted by Crippen LogP contribution is -2.41. The van der Waals surface area contributed by atoms with Crippen LogP contribution in [0.2, 0.25) is 0 Å². The number of nitrogens with zero attached hydrogens (tertiary/aromatic N) is 3. The van der Waals surface area contributed by atoms with Gasteiger partial charge in [-0.2, -0.15) is 5.10 Å². The second-order valence-corrected chi connectivity index (χ2v) is 7.60. The van der Waals surface area contributed by atoms with Gasteiger partial charge in [0.05, 0.1) is 17.0 Å². The monoisotopic (exact) mass is 361 g/mol. The molecule has 0 aromatic carbocycles. The van der Waals surface area contributed by atoms with Gasteiger partial charge in [0.1, 0.15) is 9.88 Å². The SMILES string of the molecule is Cc1nc(-c2c(C)c(C)nn(C)c2=O)sc1C(=O)NC(CN)C1CC1. The summed E-state index contributed by atoms with van der Waals surface area (Å²) in [5, 5.41) is 7.76. The van der Waals surface area contributed by atoms with Gasteiger partial charge in [-0.1, -0.05) is 0 Å². The maximum absolute atomic E-state index is 12.6. The van der Waals surface area contributed by atoms with E-state index in [9.17, 15) is 9.59 Å². The van der Waals surface area contributed by atoms with Crippen LogP contribution in [-0.2, 0) is 7.05 Å². The van der Waals surface area contributed by atoms with Gasteiger partial charge in [-0.25, -0.2) is 9.67 Å². The molecular weight excluding hydrogens is 338 g/mol. The van der Waals surface area contributed by atoms with E-state index in [0.717, 1.165) is 24.1 Å². The predicted octanol–water partition coefficient (Wildman–Crippen LogP) is 1.30. The first-order chi connectivity index (χ1) is 11.8. The summed E-state index contributed by atoms with van der Waals surface area (Å²) >= 11 is 1.25. The zero-order chi connectivity index (χ0) is 18.3. The number of nitrogens with one attached hydrogen (secondary N) is 1. The van der Waals surface area contributed by atoms with Gasteiger partial charge in [-0.05, 0) is 45.1 Å². The molecule has 1 atom stereocenters. The van der Waals surface area contributed by atoms with Crippen LogP contribution >= 0.6 is 11.3 Å². The number of carbonyl (C=O) groups is 1. The normalized spacial score (nSPS) is 15.2. The molecule has 1 aliphatic carbocycles. The molecule has 2 aromatic rings. The standard InChI is InChI=1S/C17H23N5O2S/c1-8-9(2)21-22(4)17(24)13(8)16-19-10(3)14(25-16)15(23)20-12(7-18)11-5-6-11/h11-12H,5-7,18H2,1-4H3,(H,20,23). The second-order valence-electron chi connectivity index (χ2n) is 6.60. The molecule has 1 aliphatic rings. The lowest BCUT2D eigenvalue weighted by molar-refractivity contribution is 0.0937. The van der Waals surface area contributed by atoms with Crippen molar-refractivity contribution in [2.75, 3.05) is 6.54 Å². The fourth-order valence-electron chi connectivity index (χ4n) is 2.92. The summed E-state index contributed by atoms with van der Waals surface area (Å²) in [6.45, 7) is 5.93. The Morgan fingerprint density at radius 3 is 2.64 bits per heavy atom. The zero-order valence-electron chi connectivity index (χ0n) is 14.9. The number of aryl methyl sites for hydroxylation is 3. The molecule has 0 radical (unpaired) electrons. The highest BCUT2D eigenvalue weighted by molar-refractivity contribution is 7.17. The quantitative estimate of drug-likeness (QED) is 0.835. The van der Waals surface area contributed by atoms with Gasteiger partial charge in [-0.3, -0.25) is 9.59 Å². The molecular formula is C17H23N5O2S. The molecule has 0 saturated heterocycles. The van der Waals surface area contributed by atoms with Crippen LogP contribution in [0.4, 0.5) is 0 Å². The van der Waals surface area contributed by atoms with Crippen molar-refractivity contribution in [1.82, 2.24) is 20.1 Å². The molecule has 0 spiro atoms. The molecule has 0 bridgehead atoms. The maximum Gasteiger partial charge on any atom is 0.277 e. The first kappa shape index (κ1) is 17.8. The van der Waals surface area contributed by atoms with E-state index in [1.165, 1.54) is 16.0 Å². The molecule has 1 amide bonds. The Hall–Kier alpha value is -2.06. The van der Waals surface area contributed by atoms with E-state index in [1.807, 2.05) is 13.8 Å². The molecule has 1 fully saturated rings. The third kappa shape index (κ3) is 3.36. The third-order valence-corrected chi connectivity index (χ3v) is 5.88. The number of carbonyl (C=O) groups excluding carboxylic acids is 1. The van der Waals surface area contributed by atoms with Crippen molar-refractivity contribution in [3.05, 3.63) is 32.2 Å². The van der Waals surface area contributed by atoms with Crippen LogP contribution in [0.1, 0.15) is 39.5 Å². The van der Waals surface area contributed by atoms with Crippen LogP contribution in [0.25, 0.3) is 10.6 Å². The third-order valence-electron chi connectivity index (χ3n) is 4.70. The number of aromatic nitrogens is 3. The molecule has 8 heteroatoms. The Balaban J connectivity index is 1.96. The molecule has 0 aliphatic heterocycles. The second kappa shape index (κ2) is 6.68. The van der Waals surface area contributed by atoms with Crippen molar-refractivity contribution in [3.63, 3.8) is 0 Å². The molecule has 3 rings (SSSR count). The van der Waals surface area contributed by atoms with Crippen LogP contribution in [0.3, 0.4) is 0 Å². The van der Waals surface area contributed by atoms with Crippen LogP contribution in [0, 0.1) is 26.7 Å². The number of hydrogen-bond donors (Lipinski definition) is 2. The largest absolute Gasteiger partial charge is 0.347 e.